The summed E-state index contributed by atoms with van der Waals surface area (Å²) in [5, 5.41) is 11.3. The molecule has 29 heavy (non-hydrogen) atoms. The number of para-hydroxylation sites is 2. The van der Waals surface area contributed by atoms with Crippen LogP contribution in [0.15, 0.2) is 47.4 Å². The van der Waals surface area contributed by atoms with Gasteiger partial charge in [-0.25, -0.2) is 8.42 Å². The number of anilines is 2. The fraction of sp³-hybridized carbons (Fsp3) is 0.368. The highest BCUT2D eigenvalue weighted by atomic mass is 32.2. The van der Waals surface area contributed by atoms with Crippen LogP contribution in [0.2, 0.25) is 0 Å². The first-order valence-corrected chi connectivity index (χ1v) is 10.5. The van der Waals surface area contributed by atoms with E-state index in [4.69, 9.17) is 9.47 Å². The molecule has 2 aromatic rings. The minimum Gasteiger partial charge on any atom is -0.495 e. The van der Waals surface area contributed by atoms with Gasteiger partial charge < -0.3 is 14.4 Å². The normalized spacial score (nSPS) is 19.6. The van der Waals surface area contributed by atoms with Crippen molar-refractivity contribution in [2.75, 3.05) is 29.8 Å². The molecule has 2 atom stereocenters. The first-order valence-electron chi connectivity index (χ1n) is 9.06. The third-order valence-electron chi connectivity index (χ3n) is 4.56. The number of benzene rings is 2. The van der Waals surface area contributed by atoms with Gasteiger partial charge in [-0.05, 0) is 32.0 Å². The van der Waals surface area contributed by atoms with Gasteiger partial charge in [-0.1, -0.05) is 12.1 Å². The highest BCUT2D eigenvalue weighted by Crippen LogP contribution is 2.34. The molecule has 3 rings (SSSR count). The summed E-state index contributed by atoms with van der Waals surface area (Å²) in [5.41, 5.74) is 0.333. The Labute approximate surface area is 169 Å². The maximum absolute atomic E-state index is 13.2. The predicted molar refractivity (Wildman–Crippen MR) is 109 cm³/mol. The number of nitro groups is 1. The highest BCUT2D eigenvalue weighted by molar-refractivity contribution is 7.93. The molecule has 1 aliphatic rings. The molecule has 9 nitrogen and oxygen atoms in total. The molecule has 1 aliphatic heterocycles. The van der Waals surface area contributed by atoms with Crippen LogP contribution in [0.4, 0.5) is 17.1 Å². The van der Waals surface area contributed by atoms with Gasteiger partial charge in [-0.15, -0.1) is 0 Å². The average Bonchev–Trinajstić information content (AvgIpc) is 2.67. The van der Waals surface area contributed by atoms with Gasteiger partial charge in [0.25, 0.3) is 15.7 Å². The van der Waals surface area contributed by atoms with Crippen LogP contribution in [0.1, 0.15) is 13.8 Å². The number of hydrogen-bond acceptors (Lipinski definition) is 7. The van der Waals surface area contributed by atoms with Crippen molar-refractivity contribution in [1.82, 2.24) is 0 Å². The van der Waals surface area contributed by atoms with Crippen molar-refractivity contribution in [3.8, 4) is 5.75 Å². The zero-order chi connectivity index (χ0) is 21.2. The minimum atomic E-state index is -4.13. The standard InChI is InChI=1S/C19H23N3O6S/c1-13-11-21(12-14(2)28-13)17-9-8-15(22(23)24)10-19(17)29(25,26)20-16-6-4-5-7-18(16)27-3/h4-10,13-14,20H,11-12H2,1-3H3. The van der Waals surface area contributed by atoms with Crippen molar-refractivity contribution >= 4 is 27.1 Å². The van der Waals surface area contributed by atoms with Gasteiger partial charge >= 0.3 is 0 Å². The van der Waals surface area contributed by atoms with Crippen LogP contribution in [0.3, 0.4) is 0 Å². The lowest BCUT2D eigenvalue weighted by Gasteiger charge is -2.37. The van der Waals surface area contributed by atoms with E-state index >= 15 is 0 Å². The van der Waals surface area contributed by atoms with Crippen molar-refractivity contribution in [2.45, 2.75) is 31.0 Å². The Morgan fingerprint density at radius 1 is 1.17 bits per heavy atom. The van der Waals surface area contributed by atoms with E-state index < -0.39 is 14.9 Å². The molecule has 1 heterocycles. The summed E-state index contributed by atoms with van der Waals surface area (Å²) < 4.78 is 39.9. The molecule has 0 bridgehead atoms. The van der Waals surface area contributed by atoms with Crippen molar-refractivity contribution < 1.29 is 22.8 Å². The van der Waals surface area contributed by atoms with Gasteiger partial charge in [0.1, 0.15) is 10.6 Å². The molecule has 2 unspecified atom stereocenters. The van der Waals surface area contributed by atoms with Crippen LogP contribution < -0.4 is 14.4 Å². The lowest BCUT2D eigenvalue weighted by Crippen LogP contribution is -2.46. The first-order chi connectivity index (χ1) is 13.7. The van der Waals surface area contributed by atoms with Gasteiger partial charge in [0.15, 0.2) is 0 Å². The Balaban J connectivity index is 2.07. The SMILES string of the molecule is COc1ccccc1NS(=O)(=O)c1cc([N+](=O)[O-])ccc1N1CC(C)OC(C)C1. The molecule has 0 aliphatic carbocycles. The largest absolute Gasteiger partial charge is 0.495 e. The van der Waals surface area contributed by atoms with Crippen LogP contribution in [0.25, 0.3) is 0 Å². The summed E-state index contributed by atoms with van der Waals surface area (Å²) in [5.74, 6) is 0.344. The summed E-state index contributed by atoms with van der Waals surface area (Å²) in [7, 11) is -2.70. The van der Waals surface area contributed by atoms with Crippen LogP contribution in [-0.4, -0.2) is 45.7 Å². The summed E-state index contributed by atoms with van der Waals surface area (Å²) >= 11 is 0. The predicted octanol–water partition coefficient (Wildman–Crippen LogP) is 3.02. The van der Waals surface area contributed by atoms with E-state index in [1.807, 2.05) is 18.7 Å². The molecule has 0 saturated carbocycles. The minimum absolute atomic E-state index is 0.105. The molecule has 0 aromatic heterocycles. The number of hydrogen-bond donors (Lipinski definition) is 1. The molecule has 1 fully saturated rings. The Kier molecular flexibility index (Phi) is 5.94. The number of nitrogens with one attached hydrogen (secondary N) is 1. The summed E-state index contributed by atoms with van der Waals surface area (Å²) in [4.78, 5) is 12.4. The Morgan fingerprint density at radius 2 is 1.83 bits per heavy atom. The Morgan fingerprint density at radius 3 is 2.45 bits per heavy atom. The molecule has 0 amide bonds. The number of ether oxygens (including phenoxy) is 2. The number of morpholine rings is 1. The zero-order valence-electron chi connectivity index (χ0n) is 16.4. The summed E-state index contributed by atoms with van der Waals surface area (Å²) in [6, 6.07) is 10.4. The Hall–Kier alpha value is -2.85. The molecule has 0 radical (unpaired) electrons. The summed E-state index contributed by atoms with van der Waals surface area (Å²) in [6.45, 7) is 4.74. The van der Waals surface area contributed by atoms with Crippen molar-refractivity contribution in [3.05, 3.63) is 52.6 Å². The maximum atomic E-state index is 13.2. The second-order valence-corrected chi connectivity index (χ2v) is 8.53. The van der Waals surface area contributed by atoms with Crippen LogP contribution in [0, 0.1) is 10.1 Å². The van der Waals surface area contributed by atoms with Gasteiger partial charge in [-0.2, -0.15) is 0 Å². The van der Waals surface area contributed by atoms with E-state index in [0.29, 0.717) is 24.5 Å². The second-order valence-electron chi connectivity index (χ2n) is 6.88. The third-order valence-corrected chi connectivity index (χ3v) is 5.95. The van der Waals surface area contributed by atoms with E-state index in [1.165, 1.54) is 19.2 Å². The molecule has 2 aromatic carbocycles. The lowest BCUT2D eigenvalue weighted by molar-refractivity contribution is -0.385. The number of non-ortho nitro benzene ring substituents is 1. The molecule has 1 saturated heterocycles. The van der Waals surface area contributed by atoms with Crippen LogP contribution in [0.5, 0.6) is 5.75 Å². The fourth-order valence-electron chi connectivity index (χ4n) is 3.40. The number of methoxy groups -OCH3 is 1. The van der Waals surface area contributed by atoms with Crippen LogP contribution >= 0.6 is 0 Å². The van der Waals surface area contributed by atoms with E-state index in [0.717, 1.165) is 6.07 Å². The lowest BCUT2D eigenvalue weighted by atomic mass is 10.2. The number of nitro benzene ring substituents is 1. The van der Waals surface area contributed by atoms with Gasteiger partial charge in [0, 0.05) is 25.2 Å². The molecular weight excluding hydrogens is 398 g/mol. The van der Waals surface area contributed by atoms with Crippen molar-refractivity contribution in [3.63, 3.8) is 0 Å². The van der Waals surface area contributed by atoms with E-state index in [1.54, 1.807) is 24.3 Å². The molecule has 156 valence electrons. The van der Waals surface area contributed by atoms with Gasteiger partial charge in [0.2, 0.25) is 0 Å². The maximum Gasteiger partial charge on any atom is 0.270 e. The third kappa shape index (κ3) is 4.60. The number of rotatable bonds is 6. The van der Waals surface area contributed by atoms with E-state index in [9.17, 15) is 18.5 Å². The fourth-order valence-corrected chi connectivity index (χ4v) is 4.71. The number of nitrogens with zero attached hydrogens (tertiary/aromatic N) is 2. The molecular formula is C19H23N3O6S. The Bertz CT molecular complexity index is 1000. The summed E-state index contributed by atoms with van der Waals surface area (Å²) in [6.07, 6.45) is -0.210. The molecule has 10 heteroatoms. The molecule has 1 N–H and O–H groups in total. The number of sulfonamides is 1. The van der Waals surface area contributed by atoms with Crippen molar-refractivity contribution in [2.24, 2.45) is 0 Å². The topological polar surface area (TPSA) is 111 Å². The monoisotopic (exact) mass is 421 g/mol. The van der Waals surface area contributed by atoms with Crippen LogP contribution in [-0.2, 0) is 14.8 Å². The second kappa shape index (κ2) is 8.26. The first kappa shape index (κ1) is 20.9. The van der Waals surface area contributed by atoms with Crippen molar-refractivity contribution in [1.29, 1.82) is 0 Å². The van der Waals surface area contributed by atoms with Gasteiger partial charge in [0.05, 0.1) is 35.6 Å². The highest BCUT2D eigenvalue weighted by Gasteiger charge is 2.30. The van der Waals surface area contributed by atoms with E-state index in [2.05, 4.69) is 4.72 Å². The van der Waals surface area contributed by atoms with Gasteiger partial charge in [-0.3, -0.25) is 14.8 Å². The zero-order valence-corrected chi connectivity index (χ0v) is 17.2. The molecule has 0 spiro atoms. The van der Waals surface area contributed by atoms with E-state index in [-0.39, 0.29) is 28.5 Å². The smallest absolute Gasteiger partial charge is 0.270 e. The average molecular weight is 421 g/mol. The quantitative estimate of drug-likeness (QED) is 0.564.